The van der Waals surface area contributed by atoms with Crippen molar-refractivity contribution in [1.29, 1.82) is 5.26 Å². The van der Waals surface area contributed by atoms with E-state index < -0.39 is 0 Å². The van der Waals surface area contributed by atoms with Crippen molar-refractivity contribution in [2.45, 2.75) is 6.42 Å². The van der Waals surface area contributed by atoms with Gasteiger partial charge in [0.05, 0.1) is 18.6 Å². The molecule has 1 aromatic heterocycles. The van der Waals surface area contributed by atoms with Crippen LogP contribution in [0.4, 0.5) is 5.69 Å². The summed E-state index contributed by atoms with van der Waals surface area (Å²) in [4.78, 5) is 23.7. The Balaban J connectivity index is 1.93. The average molecular weight is 334 g/mol. The number of nitrogens with one attached hydrogen (secondary N) is 1. The molecule has 1 N–H and O–H groups in total. The number of anilines is 1. The van der Waals surface area contributed by atoms with E-state index in [0.717, 1.165) is 0 Å². The van der Waals surface area contributed by atoms with Crippen molar-refractivity contribution >= 4 is 22.6 Å². The lowest BCUT2D eigenvalue weighted by Crippen LogP contribution is -2.09. The van der Waals surface area contributed by atoms with E-state index in [0.29, 0.717) is 33.7 Å². The van der Waals surface area contributed by atoms with Crippen molar-refractivity contribution in [3.05, 3.63) is 58.8 Å². The molecule has 6 heteroatoms. The minimum Gasteiger partial charge on any atom is -0.497 e. The molecule has 0 spiro atoms. The van der Waals surface area contributed by atoms with Gasteiger partial charge in [0.1, 0.15) is 23.5 Å². The molecule has 0 saturated carbocycles. The number of nitrogens with zero attached hydrogens (tertiary/aromatic N) is 1. The minimum atomic E-state index is -0.374. The van der Waals surface area contributed by atoms with Crippen molar-refractivity contribution in [1.82, 2.24) is 0 Å². The van der Waals surface area contributed by atoms with Gasteiger partial charge in [-0.15, -0.1) is 0 Å². The number of benzene rings is 2. The van der Waals surface area contributed by atoms with Crippen LogP contribution in [0.2, 0.25) is 0 Å². The fraction of sp³-hybridized carbons (Fsp3) is 0.105. The minimum absolute atomic E-state index is 0.165. The van der Waals surface area contributed by atoms with Crippen LogP contribution in [0.3, 0.4) is 0 Å². The molecular weight excluding hydrogens is 320 g/mol. The molecule has 0 unspecified atom stereocenters. The summed E-state index contributed by atoms with van der Waals surface area (Å²) in [6.07, 6.45) is -0.204. The highest BCUT2D eigenvalue weighted by Gasteiger charge is 2.09. The van der Waals surface area contributed by atoms with Crippen LogP contribution in [0.25, 0.3) is 22.3 Å². The second kappa shape index (κ2) is 6.89. The van der Waals surface area contributed by atoms with Gasteiger partial charge in [-0.05, 0) is 42.5 Å². The van der Waals surface area contributed by atoms with Gasteiger partial charge in [0.25, 0.3) is 0 Å². The molecule has 0 saturated heterocycles. The number of carbonyl (C=O) groups excluding carboxylic acids is 1. The molecule has 2 aromatic carbocycles. The Morgan fingerprint density at radius 1 is 1.20 bits per heavy atom. The van der Waals surface area contributed by atoms with Crippen LogP contribution >= 0.6 is 0 Å². The molecule has 3 aromatic rings. The molecule has 0 aliphatic carbocycles. The Labute approximate surface area is 143 Å². The van der Waals surface area contributed by atoms with Gasteiger partial charge < -0.3 is 14.5 Å². The molecule has 25 heavy (non-hydrogen) atoms. The predicted octanol–water partition coefficient (Wildman–Crippen LogP) is 3.32. The normalized spacial score (nSPS) is 10.2. The molecule has 124 valence electrons. The van der Waals surface area contributed by atoms with Crippen molar-refractivity contribution in [3.63, 3.8) is 0 Å². The zero-order valence-electron chi connectivity index (χ0n) is 13.4. The first kappa shape index (κ1) is 16.3. The lowest BCUT2D eigenvalue weighted by molar-refractivity contribution is -0.115. The summed E-state index contributed by atoms with van der Waals surface area (Å²) in [6.45, 7) is 0. The molecule has 0 aliphatic rings. The summed E-state index contributed by atoms with van der Waals surface area (Å²) >= 11 is 0. The standard InChI is InChI=1S/C19H14N2O4/c1-24-14-6-7-17-15(10-14)16(22)11-18(25-17)12-2-4-13(5-3-12)21-19(23)8-9-20/h2-7,10-11H,8H2,1H3,(H,21,23). The summed E-state index contributed by atoms with van der Waals surface area (Å²) in [5.74, 6) is 0.643. The second-order valence-corrected chi connectivity index (χ2v) is 5.30. The maximum atomic E-state index is 12.3. The van der Waals surface area contributed by atoms with Gasteiger partial charge in [0.2, 0.25) is 5.91 Å². The van der Waals surface area contributed by atoms with Crippen molar-refractivity contribution in [2.75, 3.05) is 12.4 Å². The van der Waals surface area contributed by atoms with Crippen LogP contribution in [0, 0.1) is 11.3 Å². The summed E-state index contributed by atoms with van der Waals surface area (Å²) in [7, 11) is 1.54. The van der Waals surface area contributed by atoms with Crippen LogP contribution in [0.5, 0.6) is 5.75 Å². The second-order valence-electron chi connectivity index (χ2n) is 5.30. The number of nitriles is 1. The summed E-state index contributed by atoms with van der Waals surface area (Å²) in [5, 5.41) is 11.5. The largest absolute Gasteiger partial charge is 0.497 e. The first-order valence-corrected chi connectivity index (χ1v) is 7.50. The number of ether oxygens (including phenoxy) is 1. The van der Waals surface area contributed by atoms with Crippen molar-refractivity contribution in [3.8, 4) is 23.1 Å². The Bertz CT molecular complexity index is 1030. The Kier molecular flexibility index (Phi) is 4.48. The highest BCUT2D eigenvalue weighted by Crippen LogP contribution is 2.25. The number of amides is 1. The van der Waals surface area contributed by atoms with Crippen LogP contribution in [-0.2, 0) is 4.79 Å². The number of methoxy groups -OCH3 is 1. The molecule has 0 fully saturated rings. The van der Waals surface area contributed by atoms with E-state index in [4.69, 9.17) is 14.4 Å². The third-order valence-electron chi connectivity index (χ3n) is 3.63. The van der Waals surface area contributed by atoms with Crippen LogP contribution in [0.15, 0.2) is 57.7 Å². The Hall–Kier alpha value is -3.59. The summed E-state index contributed by atoms with van der Waals surface area (Å²) in [5.41, 5.74) is 1.57. The lowest BCUT2D eigenvalue weighted by atomic mass is 10.1. The number of rotatable bonds is 4. The Morgan fingerprint density at radius 3 is 2.64 bits per heavy atom. The third kappa shape index (κ3) is 3.51. The topological polar surface area (TPSA) is 92.3 Å². The van der Waals surface area contributed by atoms with Gasteiger partial charge in [0.15, 0.2) is 5.43 Å². The molecule has 0 radical (unpaired) electrons. The fourth-order valence-electron chi connectivity index (χ4n) is 2.40. The molecule has 3 rings (SSSR count). The van der Waals surface area contributed by atoms with Crippen molar-refractivity contribution in [2.24, 2.45) is 0 Å². The van der Waals surface area contributed by atoms with Gasteiger partial charge in [-0.2, -0.15) is 5.26 Å². The molecule has 1 heterocycles. The van der Waals surface area contributed by atoms with E-state index in [1.54, 1.807) is 48.5 Å². The number of hydrogen-bond acceptors (Lipinski definition) is 5. The number of fused-ring (bicyclic) bond motifs is 1. The fourth-order valence-corrected chi connectivity index (χ4v) is 2.40. The summed E-state index contributed by atoms with van der Waals surface area (Å²) in [6, 6.07) is 15.1. The highest BCUT2D eigenvalue weighted by molar-refractivity contribution is 5.92. The SMILES string of the molecule is COc1ccc2oc(-c3ccc(NC(=O)CC#N)cc3)cc(=O)c2c1. The first-order valence-electron chi connectivity index (χ1n) is 7.50. The van der Waals surface area contributed by atoms with E-state index in [2.05, 4.69) is 5.32 Å². The quantitative estimate of drug-likeness (QED) is 0.790. The van der Waals surface area contributed by atoms with E-state index >= 15 is 0 Å². The molecule has 1 amide bonds. The van der Waals surface area contributed by atoms with E-state index in [9.17, 15) is 9.59 Å². The van der Waals surface area contributed by atoms with E-state index in [1.165, 1.54) is 13.2 Å². The smallest absolute Gasteiger partial charge is 0.238 e. The third-order valence-corrected chi connectivity index (χ3v) is 3.63. The van der Waals surface area contributed by atoms with Crippen molar-refractivity contribution < 1.29 is 13.9 Å². The molecule has 0 bridgehead atoms. The number of carbonyl (C=O) groups is 1. The van der Waals surface area contributed by atoms with Gasteiger partial charge in [-0.1, -0.05) is 0 Å². The van der Waals surface area contributed by atoms with Gasteiger partial charge >= 0.3 is 0 Å². The predicted molar refractivity (Wildman–Crippen MR) is 93.3 cm³/mol. The first-order chi connectivity index (χ1) is 12.1. The van der Waals surface area contributed by atoms with Gasteiger partial charge in [-0.25, -0.2) is 0 Å². The zero-order valence-corrected chi connectivity index (χ0v) is 13.4. The molecule has 6 nitrogen and oxygen atoms in total. The van der Waals surface area contributed by atoms with E-state index in [-0.39, 0.29) is 17.8 Å². The molecule has 0 aliphatic heterocycles. The maximum absolute atomic E-state index is 12.3. The van der Waals surface area contributed by atoms with Crippen LogP contribution < -0.4 is 15.5 Å². The monoisotopic (exact) mass is 334 g/mol. The Morgan fingerprint density at radius 2 is 1.96 bits per heavy atom. The molecule has 0 atom stereocenters. The zero-order chi connectivity index (χ0) is 17.8. The number of hydrogen-bond donors (Lipinski definition) is 1. The van der Waals surface area contributed by atoms with Crippen LogP contribution in [0.1, 0.15) is 6.42 Å². The maximum Gasteiger partial charge on any atom is 0.238 e. The van der Waals surface area contributed by atoms with Gasteiger partial charge in [0, 0.05) is 17.3 Å². The van der Waals surface area contributed by atoms with E-state index in [1.807, 2.05) is 0 Å². The lowest BCUT2D eigenvalue weighted by Gasteiger charge is -2.06. The van der Waals surface area contributed by atoms with Crippen LogP contribution in [-0.4, -0.2) is 13.0 Å². The highest BCUT2D eigenvalue weighted by atomic mass is 16.5. The summed E-state index contributed by atoms with van der Waals surface area (Å²) < 4.78 is 10.9. The molecular formula is C19H14N2O4. The average Bonchev–Trinajstić information content (AvgIpc) is 2.62. The van der Waals surface area contributed by atoms with Gasteiger partial charge in [-0.3, -0.25) is 9.59 Å².